The molecule has 1 aromatic carbocycles. The molecule has 11 heteroatoms. The quantitative estimate of drug-likeness (QED) is 0.516. The van der Waals surface area contributed by atoms with Crippen LogP contribution in [-0.4, -0.2) is 26.6 Å². The Bertz CT molecular complexity index is 1100. The molecule has 0 atom stereocenters. The van der Waals surface area contributed by atoms with Gasteiger partial charge in [0.05, 0.1) is 22.2 Å². The summed E-state index contributed by atoms with van der Waals surface area (Å²) in [6.07, 6.45) is 3.21. The monoisotopic (exact) mass is 451 g/mol. The molecular formula is C17H8BrClLiN5O3. The van der Waals surface area contributed by atoms with E-state index in [9.17, 15) is 14.7 Å². The Morgan fingerprint density at radius 1 is 1.25 bits per heavy atom. The van der Waals surface area contributed by atoms with Gasteiger partial charge in [0.2, 0.25) is 0 Å². The van der Waals surface area contributed by atoms with Crippen molar-refractivity contribution in [3.05, 3.63) is 69.0 Å². The molecule has 2 aromatic heterocycles. The van der Waals surface area contributed by atoms with Gasteiger partial charge in [0, 0.05) is 22.4 Å². The molecule has 1 N–H and O–H groups in total. The van der Waals surface area contributed by atoms with Crippen LogP contribution in [0.4, 0.5) is 5.69 Å². The van der Waals surface area contributed by atoms with Crippen molar-refractivity contribution in [1.29, 1.82) is 5.26 Å². The van der Waals surface area contributed by atoms with Crippen LogP contribution in [0.2, 0.25) is 5.02 Å². The molecule has 3 aromatic rings. The number of carbonyl (C=O) groups excluding carboxylic acids is 2. The topological polar surface area (TPSA) is 124 Å². The second kappa shape index (κ2) is 9.05. The zero-order valence-corrected chi connectivity index (χ0v) is 16.7. The number of carboxylic acid groups (broad SMARTS) is 1. The van der Waals surface area contributed by atoms with Crippen LogP contribution in [-0.2, 0) is 0 Å². The molecule has 0 radical (unpaired) electrons. The van der Waals surface area contributed by atoms with Gasteiger partial charge >= 0.3 is 18.9 Å². The van der Waals surface area contributed by atoms with Gasteiger partial charge in [-0.2, -0.15) is 5.26 Å². The molecule has 3 rings (SSSR count). The number of carbonyl (C=O) groups is 2. The average molecular weight is 453 g/mol. The van der Waals surface area contributed by atoms with Crippen LogP contribution in [0.3, 0.4) is 0 Å². The number of hydrogen-bond acceptors (Lipinski definition) is 6. The number of halogens is 2. The van der Waals surface area contributed by atoms with E-state index in [2.05, 4.69) is 31.4 Å². The molecule has 1 amide bonds. The first kappa shape index (κ1) is 21.7. The first-order chi connectivity index (χ1) is 12.9. The van der Waals surface area contributed by atoms with Crippen LogP contribution in [0, 0.1) is 11.3 Å². The van der Waals surface area contributed by atoms with E-state index >= 15 is 0 Å². The molecule has 0 saturated carbocycles. The molecule has 0 bridgehead atoms. The van der Waals surface area contributed by atoms with Crippen molar-refractivity contribution in [1.82, 2.24) is 14.8 Å². The van der Waals surface area contributed by atoms with Crippen LogP contribution in [0.25, 0.3) is 5.82 Å². The number of rotatable bonds is 4. The molecule has 8 nitrogen and oxygen atoms in total. The second-order valence-corrected chi connectivity index (χ2v) is 6.51. The Balaban J connectivity index is 0.00000280. The van der Waals surface area contributed by atoms with E-state index in [1.807, 2.05) is 6.07 Å². The number of nitrogens with one attached hydrogen (secondary N) is 1. The van der Waals surface area contributed by atoms with Crippen LogP contribution in [0.15, 0.2) is 47.2 Å². The summed E-state index contributed by atoms with van der Waals surface area (Å²) in [5.74, 6) is -1.73. The minimum atomic E-state index is -1.48. The first-order valence-electron chi connectivity index (χ1n) is 7.33. The number of carboxylic acids is 1. The Morgan fingerprint density at radius 3 is 2.57 bits per heavy atom. The Morgan fingerprint density at radius 2 is 2.00 bits per heavy atom. The van der Waals surface area contributed by atoms with Gasteiger partial charge in [-0.05, 0) is 46.3 Å². The first-order valence-corrected chi connectivity index (χ1v) is 8.50. The van der Waals surface area contributed by atoms with E-state index in [-0.39, 0.29) is 40.8 Å². The molecule has 0 aliphatic rings. The Kier molecular flexibility index (Phi) is 7.00. The minimum absolute atomic E-state index is 0. The van der Waals surface area contributed by atoms with Gasteiger partial charge in [0.15, 0.2) is 11.5 Å². The number of aromatic nitrogens is 3. The fourth-order valence-electron chi connectivity index (χ4n) is 2.19. The third kappa shape index (κ3) is 4.61. The van der Waals surface area contributed by atoms with Crippen LogP contribution in [0.5, 0.6) is 0 Å². The normalized spacial score (nSPS) is 9.89. The van der Waals surface area contributed by atoms with E-state index in [0.717, 1.165) is 0 Å². The van der Waals surface area contributed by atoms with Crippen LogP contribution in [0.1, 0.15) is 26.4 Å². The summed E-state index contributed by atoms with van der Waals surface area (Å²) in [7, 11) is 0. The maximum Gasteiger partial charge on any atom is 1.00 e. The van der Waals surface area contributed by atoms with Gasteiger partial charge in [-0.25, -0.2) is 0 Å². The zero-order chi connectivity index (χ0) is 19.6. The van der Waals surface area contributed by atoms with E-state index in [0.29, 0.717) is 15.9 Å². The number of nitrogens with zero attached hydrogens (tertiary/aromatic N) is 4. The van der Waals surface area contributed by atoms with E-state index in [1.54, 1.807) is 29.1 Å². The number of aromatic carboxylic acids is 1. The van der Waals surface area contributed by atoms with Crippen molar-refractivity contribution < 1.29 is 33.6 Å². The molecule has 28 heavy (non-hydrogen) atoms. The summed E-state index contributed by atoms with van der Waals surface area (Å²) < 4.78 is 1.99. The maximum absolute atomic E-state index is 12.4. The Hall–Kier alpha value is -2.62. The minimum Gasteiger partial charge on any atom is -0.545 e. The summed E-state index contributed by atoms with van der Waals surface area (Å²) in [5.41, 5.74) is 0.173. The molecule has 0 spiro atoms. The second-order valence-electron chi connectivity index (χ2n) is 5.25. The number of hydrogen-bond donors (Lipinski definition) is 1. The third-order valence-electron chi connectivity index (χ3n) is 3.50. The largest absolute Gasteiger partial charge is 1.00 e. The summed E-state index contributed by atoms with van der Waals surface area (Å²) in [6, 6.07) is 9.11. The molecule has 0 aliphatic heterocycles. The van der Waals surface area contributed by atoms with E-state index in [4.69, 9.17) is 16.9 Å². The number of nitriles is 1. The van der Waals surface area contributed by atoms with Crippen molar-refractivity contribution in [3.8, 4) is 11.9 Å². The predicted molar refractivity (Wildman–Crippen MR) is 97.5 cm³/mol. The molecule has 134 valence electrons. The Labute approximate surface area is 184 Å². The summed E-state index contributed by atoms with van der Waals surface area (Å²) in [5, 5.41) is 30.5. The third-order valence-corrected chi connectivity index (χ3v) is 4.70. The van der Waals surface area contributed by atoms with Crippen molar-refractivity contribution in [2.45, 2.75) is 0 Å². The SMILES string of the molecule is N#Cc1ccn(-c2ccc(C(=O)Nc3cc(Br)c(Cl)cc3C(=O)[O-])nn2)c1.[Li+]. The molecule has 0 saturated heterocycles. The van der Waals surface area contributed by atoms with Gasteiger partial charge in [0.25, 0.3) is 5.91 Å². The molecule has 0 aliphatic carbocycles. The smallest absolute Gasteiger partial charge is 0.545 e. The van der Waals surface area contributed by atoms with Crippen LogP contribution >= 0.6 is 27.5 Å². The summed E-state index contributed by atoms with van der Waals surface area (Å²) in [6.45, 7) is 0. The molecule has 0 unspecified atom stereocenters. The van der Waals surface area contributed by atoms with Gasteiger partial charge in [0.1, 0.15) is 6.07 Å². The van der Waals surface area contributed by atoms with Gasteiger partial charge in [-0.15, -0.1) is 10.2 Å². The molecular weight excluding hydrogens is 445 g/mol. The molecule has 2 heterocycles. The number of amides is 1. The van der Waals surface area contributed by atoms with E-state index in [1.165, 1.54) is 18.2 Å². The fraction of sp³-hybridized carbons (Fsp3) is 0. The van der Waals surface area contributed by atoms with Gasteiger partial charge in [-0.3, -0.25) is 4.79 Å². The number of benzene rings is 1. The predicted octanol–water partition coefficient (Wildman–Crippen LogP) is -0.825. The van der Waals surface area contributed by atoms with Gasteiger partial charge in [-0.1, -0.05) is 11.6 Å². The molecule has 0 fully saturated rings. The van der Waals surface area contributed by atoms with E-state index < -0.39 is 11.9 Å². The standard InChI is InChI=1S/C17H9BrClN5O3.Li/c18-11-6-14(10(17(26)27)5-12(11)19)21-16(25)13-1-2-15(23-22-13)24-4-3-9(7-20)8-24;/h1-6,8H,(H,21,25)(H,26,27);/q;+1/p-1. The average Bonchev–Trinajstić information content (AvgIpc) is 3.13. The van der Waals surface area contributed by atoms with Crippen molar-refractivity contribution >= 4 is 45.1 Å². The maximum atomic E-state index is 12.4. The fourth-order valence-corrected chi connectivity index (χ4v) is 2.70. The van der Waals surface area contributed by atoms with Crippen molar-refractivity contribution in [3.63, 3.8) is 0 Å². The summed E-state index contributed by atoms with van der Waals surface area (Å²) in [4.78, 5) is 23.6. The van der Waals surface area contributed by atoms with Crippen LogP contribution < -0.4 is 29.3 Å². The zero-order valence-electron chi connectivity index (χ0n) is 14.3. The van der Waals surface area contributed by atoms with Gasteiger partial charge < -0.3 is 19.8 Å². The van der Waals surface area contributed by atoms with Crippen molar-refractivity contribution in [2.24, 2.45) is 0 Å². The number of anilines is 1. The summed E-state index contributed by atoms with van der Waals surface area (Å²) >= 11 is 9.04. The van der Waals surface area contributed by atoms with Crippen molar-refractivity contribution in [2.75, 3.05) is 5.32 Å².